The Balaban J connectivity index is 1.41. The monoisotopic (exact) mass is 481 g/mol. The molecule has 3 aliphatic rings. The van der Waals surface area contributed by atoms with Gasteiger partial charge in [-0.3, -0.25) is 14.5 Å². The Bertz CT molecular complexity index is 1230. The molecule has 2 aromatic carbocycles. The van der Waals surface area contributed by atoms with Crippen LogP contribution >= 0.6 is 0 Å². The zero-order valence-corrected chi connectivity index (χ0v) is 20.4. The molecule has 0 radical (unpaired) electrons. The van der Waals surface area contributed by atoms with Crippen LogP contribution in [-0.2, 0) is 38.9 Å². The number of aryl methyl sites for hydroxylation is 1. The standard InChI is InChI=1S/C26H31N3O4S/c1-18(30)29-24-13-12-21(34(32,33)28-14-5-2-6-15-28)16-20(24)17-25(29)26(31)27-23-11-7-9-19-8-3-4-10-22(19)23/h7,9,11-13,16,25H,2-6,8,10,14-15,17H2,1H3,(H,27,31)/t25-/m0/s1. The summed E-state index contributed by atoms with van der Waals surface area (Å²) in [5.74, 6) is -0.480. The van der Waals surface area contributed by atoms with Gasteiger partial charge in [0, 0.05) is 37.8 Å². The maximum Gasteiger partial charge on any atom is 0.247 e. The number of sulfonamides is 1. The van der Waals surface area contributed by atoms with E-state index in [1.807, 2.05) is 12.1 Å². The van der Waals surface area contributed by atoms with Gasteiger partial charge in [0.2, 0.25) is 21.8 Å². The molecule has 1 atom stereocenters. The maximum absolute atomic E-state index is 13.4. The van der Waals surface area contributed by atoms with Gasteiger partial charge < -0.3 is 5.32 Å². The molecule has 2 amide bonds. The average Bonchev–Trinajstić information content (AvgIpc) is 3.24. The molecule has 2 aromatic rings. The van der Waals surface area contributed by atoms with Gasteiger partial charge in [-0.2, -0.15) is 4.31 Å². The minimum atomic E-state index is -3.59. The smallest absolute Gasteiger partial charge is 0.247 e. The lowest BCUT2D eigenvalue weighted by Crippen LogP contribution is -2.44. The molecule has 1 N–H and O–H groups in total. The van der Waals surface area contributed by atoms with E-state index < -0.39 is 16.1 Å². The van der Waals surface area contributed by atoms with Crippen LogP contribution in [0.1, 0.15) is 55.7 Å². The molecule has 0 saturated carbocycles. The van der Waals surface area contributed by atoms with Crippen LogP contribution < -0.4 is 10.2 Å². The van der Waals surface area contributed by atoms with Crippen LogP contribution in [-0.4, -0.2) is 43.7 Å². The van der Waals surface area contributed by atoms with Gasteiger partial charge in [-0.05, 0) is 79.5 Å². The Hall–Kier alpha value is -2.71. The molecule has 1 fully saturated rings. The highest BCUT2D eigenvalue weighted by Gasteiger charge is 2.38. The van der Waals surface area contributed by atoms with Crippen LogP contribution in [0.2, 0.25) is 0 Å². The summed E-state index contributed by atoms with van der Waals surface area (Å²) in [5, 5.41) is 3.07. The molecule has 2 aliphatic heterocycles. The first kappa shape index (κ1) is 23.1. The number of hydrogen-bond donors (Lipinski definition) is 1. The van der Waals surface area contributed by atoms with Crippen LogP contribution in [0.25, 0.3) is 0 Å². The lowest BCUT2D eigenvalue weighted by atomic mass is 9.90. The van der Waals surface area contributed by atoms with Gasteiger partial charge in [0.1, 0.15) is 6.04 Å². The van der Waals surface area contributed by atoms with E-state index >= 15 is 0 Å². The van der Waals surface area contributed by atoms with E-state index in [2.05, 4.69) is 11.4 Å². The van der Waals surface area contributed by atoms with Crippen molar-refractivity contribution in [2.75, 3.05) is 23.3 Å². The first-order valence-electron chi connectivity index (χ1n) is 12.2. The summed E-state index contributed by atoms with van der Waals surface area (Å²) in [6, 6.07) is 10.2. The predicted molar refractivity (Wildman–Crippen MR) is 131 cm³/mol. The van der Waals surface area contributed by atoms with Gasteiger partial charge >= 0.3 is 0 Å². The summed E-state index contributed by atoms with van der Waals surface area (Å²) in [7, 11) is -3.59. The number of carbonyl (C=O) groups excluding carboxylic acids is 2. The summed E-state index contributed by atoms with van der Waals surface area (Å²) in [4.78, 5) is 27.7. The molecule has 0 bridgehead atoms. The molecular formula is C26H31N3O4S. The van der Waals surface area contributed by atoms with Crippen LogP contribution in [0.4, 0.5) is 11.4 Å². The van der Waals surface area contributed by atoms with Gasteiger partial charge in [0.25, 0.3) is 0 Å². The predicted octanol–water partition coefficient (Wildman–Crippen LogP) is 3.66. The summed E-state index contributed by atoms with van der Waals surface area (Å²) in [6.45, 7) is 2.51. The third-order valence-electron chi connectivity index (χ3n) is 7.28. The molecule has 5 rings (SSSR count). The second kappa shape index (κ2) is 9.15. The number of nitrogens with one attached hydrogen (secondary N) is 1. The summed E-state index contributed by atoms with van der Waals surface area (Å²) >= 11 is 0. The number of rotatable bonds is 4. The summed E-state index contributed by atoms with van der Waals surface area (Å²) in [6.07, 6.45) is 7.28. The van der Waals surface area contributed by atoms with E-state index in [0.29, 0.717) is 30.8 Å². The van der Waals surface area contributed by atoms with E-state index in [9.17, 15) is 18.0 Å². The molecule has 180 valence electrons. The highest BCUT2D eigenvalue weighted by atomic mass is 32.2. The van der Waals surface area contributed by atoms with Gasteiger partial charge in [-0.25, -0.2) is 8.42 Å². The Morgan fingerprint density at radius 2 is 1.71 bits per heavy atom. The second-order valence-electron chi connectivity index (χ2n) is 9.50. The normalized spacial score (nSPS) is 20.5. The van der Waals surface area contributed by atoms with Crippen molar-refractivity contribution in [2.45, 2.75) is 69.2 Å². The summed E-state index contributed by atoms with van der Waals surface area (Å²) in [5.41, 5.74) is 4.59. The molecule has 2 heterocycles. The number of benzene rings is 2. The van der Waals surface area contributed by atoms with Crippen molar-refractivity contribution in [1.82, 2.24) is 4.31 Å². The zero-order valence-electron chi connectivity index (χ0n) is 19.5. The minimum Gasteiger partial charge on any atom is -0.324 e. The molecule has 7 nitrogen and oxygen atoms in total. The Morgan fingerprint density at radius 3 is 2.47 bits per heavy atom. The highest BCUT2D eigenvalue weighted by Crippen LogP contribution is 2.36. The third kappa shape index (κ3) is 4.14. The topological polar surface area (TPSA) is 86.8 Å². The molecular weight excluding hydrogens is 450 g/mol. The van der Waals surface area contributed by atoms with Crippen molar-refractivity contribution in [3.8, 4) is 0 Å². The minimum absolute atomic E-state index is 0.231. The van der Waals surface area contributed by atoms with Crippen molar-refractivity contribution >= 4 is 33.2 Å². The SMILES string of the molecule is CC(=O)N1c2ccc(S(=O)(=O)N3CCCCC3)cc2C[C@H]1C(=O)Nc1cccc2c1CCCC2. The number of amides is 2. The van der Waals surface area contributed by atoms with Crippen molar-refractivity contribution in [1.29, 1.82) is 0 Å². The van der Waals surface area contributed by atoms with Gasteiger partial charge in [-0.1, -0.05) is 18.6 Å². The third-order valence-corrected chi connectivity index (χ3v) is 9.18. The number of piperidine rings is 1. The number of anilines is 2. The summed E-state index contributed by atoms with van der Waals surface area (Å²) < 4.78 is 27.9. The van der Waals surface area contributed by atoms with Crippen molar-refractivity contribution in [3.63, 3.8) is 0 Å². The zero-order chi connectivity index (χ0) is 23.9. The fourth-order valence-corrected chi connectivity index (χ4v) is 7.12. The number of hydrogen-bond acceptors (Lipinski definition) is 4. The van der Waals surface area contributed by atoms with Gasteiger partial charge in [0.15, 0.2) is 0 Å². The maximum atomic E-state index is 13.4. The number of nitrogens with zero attached hydrogens (tertiary/aromatic N) is 2. The Labute approximate surface area is 201 Å². The van der Waals surface area contributed by atoms with Crippen molar-refractivity contribution < 1.29 is 18.0 Å². The van der Waals surface area contributed by atoms with Crippen molar-refractivity contribution in [2.24, 2.45) is 0 Å². The molecule has 1 aliphatic carbocycles. The number of fused-ring (bicyclic) bond motifs is 2. The highest BCUT2D eigenvalue weighted by molar-refractivity contribution is 7.89. The molecule has 34 heavy (non-hydrogen) atoms. The van der Waals surface area contributed by atoms with Crippen LogP contribution in [0.3, 0.4) is 0 Å². The largest absolute Gasteiger partial charge is 0.324 e. The van der Waals surface area contributed by atoms with E-state index in [-0.39, 0.29) is 16.7 Å². The van der Waals surface area contributed by atoms with Crippen molar-refractivity contribution in [3.05, 3.63) is 53.1 Å². The quantitative estimate of drug-likeness (QED) is 0.722. The molecule has 0 spiro atoms. The van der Waals surface area contributed by atoms with Crippen LogP contribution in [0.5, 0.6) is 0 Å². The molecule has 0 aromatic heterocycles. The molecule has 1 saturated heterocycles. The molecule has 0 unspecified atom stereocenters. The first-order valence-corrected chi connectivity index (χ1v) is 13.6. The van der Waals surface area contributed by atoms with Gasteiger partial charge in [0.05, 0.1) is 4.90 Å². The van der Waals surface area contributed by atoms with E-state index in [1.54, 1.807) is 22.5 Å². The lowest BCUT2D eigenvalue weighted by molar-refractivity contribution is -0.122. The fourth-order valence-electron chi connectivity index (χ4n) is 5.56. The van der Waals surface area contributed by atoms with Crippen LogP contribution in [0.15, 0.2) is 41.3 Å². The van der Waals surface area contributed by atoms with E-state index in [1.165, 1.54) is 23.0 Å². The van der Waals surface area contributed by atoms with E-state index in [0.717, 1.165) is 50.6 Å². The Morgan fingerprint density at radius 1 is 0.941 bits per heavy atom. The lowest BCUT2D eigenvalue weighted by Gasteiger charge is -2.26. The average molecular weight is 482 g/mol. The second-order valence-corrected chi connectivity index (χ2v) is 11.4. The fraction of sp³-hybridized carbons (Fsp3) is 0.462. The molecule has 8 heteroatoms. The van der Waals surface area contributed by atoms with E-state index in [4.69, 9.17) is 0 Å². The van der Waals surface area contributed by atoms with Gasteiger partial charge in [-0.15, -0.1) is 0 Å². The van der Waals surface area contributed by atoms with Crippen LogP contribution in [0, 0.1) is 0 Å². The Kier molecular flexibility index (Phi) is 6.20. The first-order chi connectivity index (χ1) is 16.4. The number of carbonyl (C=O) groups is 2.